The fourth-order valence-electron chi connectivity index (χ4n) is 3.13. The monoisotopic (exact) mass is 304 g/mol. The minimum absolute atomic E-state index is 0.0484. The topological polar surface area (TPSA) is 36.8 Å². The lowest BCUT2D eigenvalue weighted by molar-refractivity contribution is -0.914. The first-order valence-electron chi connectivity index (χ1n) is 8.48. The second-order valence-corrected chi connectivity index (χ2v) is 6.38. The molecule has 1 heterocycles. The first-order valence-corrected chi connectivity index (χ1v) is 8.48. The van der Waals surface area contributed by atoms with E-state index in [9.17, 15) is 4.79 Å². The second-order valence-electron chi connectivity index (χ2n) is 6.38. The van der Waals surface area contributed by atoms with Crippen LogP contribution in [-0.2, 0) is 4.79 Å². The Morgan fingerprint density at radius 2 is 2.00 bits per heavy atom. The van der Waals surface area contributed by atoms with E-state index < -0.39 is 0 Å². The zero-order valence-corrected chi connectivity index (χ0v) is 14.4. The lowest BCUT2D eigenvalue weighted by Gasteiger charge is -2.36. The number of carbonyl (C=O) groups excluding carboxylic acids is 1. The standard InChI is InChI=1S/C18H29N3O/c1-5-9-19-18(22)16(4)20-10-12-21(13-11-20)17-8-6-7-14(2)15(17)3/h6-8,16H,5,9-13H2,1-4H3,(H,19,22)/p+1/t16-/m0/s1. The maximum absolute atomic E-state index is 12.1. The van der Waals surface area contributed by atoms with Crippen LogP contribution >= 0.6 is 0 Å². The first kappa shape index (κ1) is 16.8. The molecule has 0 saturated carbocycles. The third-order valence-corrected chi connectivity index (χ3v) is 4.88. The van der Waals surface area contributed by atoms with E-state index in [-0.39, 0.29) is 11.9 Å². The molecule has 0 unspecified atom stereocenters. The molecule has 2 N–H and O–H groups in total. The Bertz CT molecular complexity index is 507. The van der Waals surface area contributed by atoms with Crippen LogP contribution in [0.1, 0.15) is 31.4 Å². The number of aryl methyl sites for hydroxylation is 1. The highest BCUT2D eigenvalue weighted by Gasteiger charge is 2.29. The summed E-state index contributed by atoms with van der Waals surface area (Å²) in [6, 6.07) is 6.57. The predicted molar refractivity (Wildman–Crippen MR) is 91.6 cm³/mol. The summed E-state index contributed by atoms with van der Waals surface area (Å²) in [6.45, 7) is 13.4. The van der Waals surface area contributed by atoms with Gasteiger partial charge in [-0.2, -0.15) is 0 Å². The van der Waals surface area contributed by atoms with Crippen LogP contribution in [0.25, 0.3) is 0 Å². The molecule has 0 bridgehead atoms. The van der Waals surface area contributed by atoms with Gasteiger partial charge in [-0.25, -0.2) is 0 Å². The molecule has 4 nitrogen and oxygen atoms in total. The number of nitrogens with zero attached hydrogens (tertiary/aromatic N) is 1. The van der Waals surface area contributed by atoms with Gasteiger partial charge in [-0.15, -0.1) is 0 Å². The van der Waals surface area contributed by atoms with Gasteiger partial charge in [0, 0.05) is 12.2 Å². The molecule has 0 aromatic heterocycles. The zero-order valence-electron chi connectivity index (χ0n) is 14.4. The van der Waals surface area contributed by atoms with Crippen LogP contribution in [0.4, 0.5) is 5.69 Å². The van der Waals surface area contributed by atoms with Crippen molar-refractivity contribution >= 4 is 11.6 Å². The van der Waals surface area contributed by atoms with E-state index in [0.717, 1.165) is 39.1 Å². The van der Waals surface area contributed by atoms with Crippen LogP contribution in [0.3, 0.4) is 0 Å². The molecule has 22 heavy (non-hydrogen) atoms. The van der Waals surface area contributed by atoms with Gasteiger partial charge >= 0.3 is 0 Å². The smallest absolute Gasteiger partial charge is 0.278 e. The third-order valence-electron chi connectivity index (χ3n) is 4.88. The zero-order chi connectivity index (χ0) is 16.1. The average Bonchev–Trinajstić information content (AvgIpc) is 2.54. The highest BCUT2D eigenvalue weighted by molar-refractivity contribution is 5.79. The molecule has 1 atom stereocenters. The van der Waals surface area contributed by atoms with E-state index in [4.69, 9.17) is 0 Å². The predicted octanol–water partition coefficient (Wildman–Crippen LogP) is 0.923. The van der Waals surface area contributed by atoms with E-state index in [1.54, 1.807) is 0 Å². The molecule has 1 amide bonds. The Morgan fingerprint density at radius 1 is 1.32 bits per heavy atom. The number of amides is 1. The third kappa shape index (κ3) is 3.80. The van der Waals surface area contributed by atoms with Crippen molar-refractivity contribution in [3.05, 3.63) is 29.3 Å². The number of benzene rings is 1. The molecule has 1 aromatic rings. The van der Waals surface area contributed by atoms with Gasteiger partial charge < -0.3 is 15.1 Å². The number of anilines is 1. The number of carbonyl (C=O) groups is 1. The minimum atomic E-state index is 0.0484. The lowest BCUT2D eigenvalue weighted by Crippen LogP contribution is -3.19. The van der Waals surface area contributed by atoms with Gasteiger partial charge in [-0.1, -0.05) is 19.1 Å². The minimum Gasteiger partial charge on any atom is -0.360 e. The van der Waals surface area contributed by atoms with Gasteiger partial charge in [0.15, 0.2) is 6.04 Å². The Hall–Kier alpha value is -1.55. The van der Waals surface area contributed by atoms with Crippen molar-refractivity contribution in [1.82, 2.24) is 5.32 Å². The van der Waals surface area contributed by atoms with Gasteiger partial charge in [-0.05, 0) is 44.4 Å². The van der Waals surface area contributed by atoms with Crippen LogP contribution < -0.4 is 15.1 Å². The quantitative estimate of drug-likeness (QED) is 0.849. The maximum Gasteiger partial charge on any atom is 0.278 e. The molecule has 1 aliphatic rings. The van der Waals surface area contributed by atoms with E-state index in [0.29, 0.717) is 0 Å². The van der Waals surface area contributed by atoms with Gasteiger partial charge in [0.25, 0.3) is 5.91 Å². The number of hydrogen-bond donors (Lipinski definition) is 2. The second kappa shape index (κ2) is 7.63. The molecular formula is C18H30N3O+. The van der Waals surface area contributed by atoms with E-state index in [1.165, 1.54) is 21.7 Å². The van der Waals surface area contributed by atoms with Gasteiger partial charge in [0.2, 0.25) is 0 Å². The summed E-state index contributed by atoms with van der Waals surface area (Å²) < 4.78 is 0. The molecule has 122 valence electrons. The highest BCUT2D eigenvalue weighted by Crippen LogP contribution is 2.22. The molecule has 2 rings (SSSR count). The Morgan fingerprint density at radius 3 is 2.64 bits per heavy atom. The van der Waals surface area contributed by atoms with Crippen molar-refractivity contribution in [2.45, 2.75) is 40.2 Å². The highest BCUT2D eigenvalue weighted by atomic mass is 16.2. The van der Waals surface area contributed by atoms with Crippen LogP contribution in [-0.4, -0.2) is 44.7 Å². The molecule has 1 aromatic carbocycles. The normalized spacial score (nSPS) is 17.4. The SMILES string of the molecule is CCCNC(=O)[C@H](C)[NH+]1CCN(c2cccc(C)c2C)CC1. The summed E-state index contributed by atoms with van der Waals surface area (Å²) in [5.41, 5.74) is 4.07. The van der Waals surface area contributed by atoms with Crippen LogP contribution in [0.5, 0.6) is 0 Å². The number of hydrogen-bond acceptors (Lipinski definition) is 2. The van der Waals surface area contributed by atoms with Crippen molar-refractivity contribution in [2.24, 2.45) is 0 Å². The molecule has 4 heteroatoms. The number of rotatable bonds is 5. The molecular weight excluding hydrogens is 274 g/mol. The number of quaternary nitrogens is 1. The summed E-state index contributed by atoms with van der Waals surface area (Å²) in [5, 5.41) is 3.02. The fraction of sp³-hybridized carbons (Fsp3) is 0.611. The number of piperazine rings is 1. The maximum atomic E-state index is 12.1. The van der Waals surface area contributed by atoms with Gasteiger partial charge in [0.05, 0.1) is 26.2 Å². The van der Waals surface area contributed by atoms with Crippen LogP contribution in [0, 0.1) is 13.8 Å². The summed E-state index contributed by atoms with van der Waals surface area (Å²) >= 11 is 0. The van der Waals surface area contributed by atoms with Crippen LogP contribution in [0.2, 0.25) is 0 Å². The summed E-state index contributed by atoms with van der Waals surface area (Å²) in [6.07, 6.45) is 0.994. The summed E-state index contributed by atoms with van der Waals surface area (Å²) in [5.74, 6) is 0.192. The summed E-state index contributed by atoms with van der Waals surface area (Å²) in [4.78, 5) is 16.0. The van der Waals surface area contributed by atoms with E-state index in [2.05, 4.69) is 49.2 Å². The number of nitrogens with one attached hydrogen (secondary N) is 2. The molecule has 0 spiro atoms. The lowest BCUT2D eigenvalue weighted by atomic mass is 10.1. The fourth-order valence-corrected chi connectivity index (χ4v) is 3.13. The van der Waals surface area contributed by atoms with Crippen molar-refractivity contribution < 1.29 is 9.69 Å². The van der Waals surface area contributed by atoms with E-state index >= 15 is 0 Å². The van der Waals surface area contributed by atoms with Crippen molar-refractivity contribution in [2.75, 3.05) is 37.6 Å². The first-order chi connectivity index (χ1) is 10.5. The molecule has 1 aliphatic heterocycles. The Kier molecular flexibility index (Phi) is 5.83. The average molecular weight is 304 g/mol. The largest absolute Gasteiger partial charge is 0.360 e. The van der Waals surface area contributed by atoms with E-state index in [1.807, 2.05) is 6.92 Å². The molecule has 0 aliphatic carbocycles. The van der Waals surface area contributed by atoms with Gasteiger partial charge in [-0.3, -0.25) is 4.79 Å². The van der Waals surface area contributed by atoms with Gasteiger partial charge in [0.1, 0.15) is 0 Å². The molecule has 1 saturated heterocycles. The van der Waals surface area contributed by atoms with Crippen molar-refractivity contribution in [3.8, 4) is 0 Å². The Balaban J connectivity index is 1.93. The van der Waals surface area contributed by atoms with Crippen molar-refractivity contribution in [1.29, 1.82) is 0 Å². The summed E-state index contributed by atoms with van der Waals surface area (Å²) in [7, 11) is 0. The Labute approximate surface area is 134 Å². The molecule has 1 fully saturated rings. The van der Waals surface area contributed by atoms with Crippen molar-refractivity contribution in [3.63, 3.8) is 0 Å². The molecule has 0 radical (unpaired) electrons. The van der Waals surface area contributed by atoms with Crippen LogP contribution in [0.15, 0.2) is 18.2 Å².